The second-order valence-electron chi connectivity index (χ2n) is 9.77. The molecule has 1 aliphatic heterocycles. The summed E-state index contributed by atoms with van der Waals surface area (Å²) in [6.45, 7) is 0.491. The summed E-state index contributed by atoms with van der Waals surface area (Å²) in [7, 11) is 1.78. The molecular weight excluding hydrogens is 466 g/mol. The lowest BCUT2D eigenvalue weighted by atomic mass is 9.84. The van der Waals surface area contributed by atoms with E-state index < -0.39 is 6.04 Å². The highest BCUT2D eigenvalue weighted by molar-refractivity contribution is 5.85. The zero-order valence-electron chi connectivity index (χ0n) is 21.1. The number of carbonyl (C=O) groups excluding carboxylic acids is 1. The summed E-state index contributed by atoms with van der Waals surface area (Å²) < 4.78 is 7.70. The fraction of sp³-hybridized carbons (Fsp3) is 0.429. The SMILES string of the molecule is CNc1nc(N[C@H](CC2CCCCC2)C(=O)N[C@@H]2CCOc3cc(C#N)ccc32)cc(-n2cccc2)n1. The lowest BCUT2D eigenvalue weighted by molar-refractivity contribution is -0.123. The van der Waals surface area contributed by atoms with Gasteiger partial charge < -0.3 is 25.3 Å². The topological polar surface area (TPSA) is 117 Å². The molecule has 0 unspecified atom stereocenters. The van der Waals surface area contributed by atoms with Crippen molar-refractivity contribution in [2.75, 3.05) is 24.3 Å². The first-order valence-electron chi connectivity index (χ1n) is 13.1. The minimum Gasteiger partial charge on any atom is -0.493 e. The van der Waals surface area contributed by atoms with Crippen LogP contribution in [0.3, 0.4) is 0 Å². The Morgan fingerprint density at radius 3 is 2.73 bits per heavy atom. The standard InChI is InChI=1S/C28H33N7O2/c1-30-28-33-25(17-26(34-28)35-12-5-6-13-35)31-23(15-19-7-3-2-4-8-19)27(36)32-22-11-14-37-24-16-20(18-29)9-10-21(22)24/h5-6,9-10,12-13,16-17,19,22-23H,2-4,7-8,11,14-15H2,1H3,(H,32,36)(H2,30,31,33,34)/t22-,23-/m1/s1. The van der Waals surface area contributed by atoms with E-state index in [-0.39, 0.29) is 11.9 Å². The Kier molecular flexibility index (Phi) is 7.54. The second-order valence-corrected chi connectivity index (χ2v) is 9.77. The van der Waals surface area contributed by atoms with Gasteiger partial charge in [0, 0.05) is 37.5 Å². The molecule has 192 valence electrons. The molecule has 1 amide bonds. The molecule has 0 saturated heterocycles. The van der Waals surface area contributed by atoms with E-state index in [1.165, 1.54) is 19.3 Å². The summed E-state index contributed by atoms with van der Waals surface area (Å²) >= 11 is 0. The van der Waals surface area contributed by atoms with Crippen molar-refractivity contribution in [2.45, 2.75) is 57.0 Å². The Balaban J connectivity index is 1.39. The molecular formula is C28H33N7O2. The van der Waals surface area contributed by atoms with Gasteiger partial charge in [-0.3, -0.25) is 4.79 Å². The Morgan fingerprint density at radius 1 is 1.16 bits per heavy atom. The molecule has 0 bridgehead atoms. The molecule has 37 heavy (non-hydrogen) atoms. The predicted molar refractivity (Wildman–Crippen MR) is 142 cm³/mol. The van der Waals surface area contributed by atoms with Crippen LogP contribution in [0.5, 0.6) is 5.75 Å². The lowest BCUT2D eigenvalue weighted by Crippen LogP contribution is -2.44. The van der Waals surface area contributed by atoms with Crippen LogP contribution in [-0.2, 0) is 4.79 Å². The molecule has 2 aromatic heterocycles. The molecule has 9 heteroatoms. The third kappa shape index (κ3) is 5.85. The Hall–Kier alpha value is -4.06. The van der Waals surface area contributed by atoms with Crippen molar-refractivity contribution in [3.8, 4) is 17.6 Å². The van der Waals surface area contributed by atoms with E-state index in [0.717, 1.165) is 30.6 Å². The maximum Gasteiger partial charge on any atom is 0.243 e. The van der Waals surface area contributed by atoms with E-state index in [1.807, 2.05) is 41.2 Å². The first-order chi connectivity index (χ1) is 18.1. The number of aromatic nitrogens is 3. The van der Waals surface area contributed by atoms with Crippen LogP contribution in [0.15, 0.2) is 48.8 Å². The Labute approximate surface area is 217 Å². The number of ether oxygens (including phenoxy) is 1. The molecule has 5 rings (SSSR count). The quantitative estimate of drug-likeness (QED) is 0.416. The van der Waals surface area contributed by atoms with Crippen LogP contribution in [0, 0.1) is 17.2 Å². The van der Waals surface area contributed by atoms with Crippen molar-refractivity contribution in [3.63, 3.8) is 0 Å². The van der Waals surface area contributed by atoms with Gasteiger partial charge in [-0.1, -0.05) is 38.2 Å². The van der Waals surface area contributed by atoms with E-state index in [4.69, 9.17) is 4.74 Å². The van der Waals surface area contributed by atoms with Crippen molar-refractivity contribution in [3.05, 3.63) is 59.9 Å². The van der Waals surface area contributed by atoms with Gasteiger partial charge in [0.1, 0.15) is 23.4 Å². The normalized spacial score (nSPS) is 18.1. The monoisotopic (exact) mass is 499 g/mol. The van der Waals surface area contributed by atoms with Gasteiger partial charge in [0.2, 0.25) is 11.9 Å². The first-order valence-corrected chi connectivity index (χ1v) is 13.1. The van der Waals surface area contributed by atoms with Crippen molar-refractivity contribution >= 4 is 17.7 Å². The first kappa shape index (κ1) is 24.6. The number of fused-ring (bicyclic) bond motifs is 1. The van der Waals surface area contributed by atoms with Crippen LogP contribution in [0.4, 0.5) is 11.8 Å². The molecule has 2 atom stereocenters. The summed E-state index contributed by atoms with van der Waals surface area (Å²) in [4.78, 5) is 22.9. The molecule has 1 saturated carbocycles. The summed E-state index contributed by atoms with van der Waals surface area (Å²) in [5.41, 5.74) is 1.45. The van der Waals surface area contributed by atoms with Crippen LogP contribution >= 0.6 is 0 Å². The van der Waals surface area contributed by atoms with Crippen LogP contribution in [-0.4, -0.2) is 40.1 Å². The van der Waals surface area contributed by atoms with E-state index in [1.54, 1.807) is 19.2 Å². The number of benzene rings is 1. The van der Waals surface area contributed by atoms with E-state index in [0.29, 0.717) is 42.0 Å². The summed E-state index contributed by atoms with van der Waals surface area (Å²) in [5, 5.41) is 19.0. The number of nitrogens with zero attached hydrogens (tertiary/aromatic N) is 4. The van der Waals surface area contributed by atoms with E-state index in [9.17, 15) is 10.1 Å². The van der Waals surface area contributed by atoms with E-state index >= 15 is 0 Å². The van der Waals surface area contributed by atoms with Crippen LogP contribution in [0.1, 0.15) is 62.1 Å². The molecule has 1 aromatic carbocycles. The lowest BCUT2D eigenvalue weighted by Gasteiger charge is -2.31. The zero-order valence-corrected chi connectivity index (χ0v) is 21.1. The number of carbonyl (C=O) groups is 1. The largest absolute Gasteiger partial charge is 0.493 e. The molecule has 3 heterocycles. The van der Waals surface area contributed by atoms with Gasteiger partial charge in [0.25, 0.3) is 0 Å². The summed E-state index contributed by atoms with van der Waals surface area (Å²) in [5.74, 6) is 2.90. The van der Waals surface area contributed by atoms with Gasteiger partial charge in [-0.05, 0) is 36.6 Å². The molecule has 0 spiro atoms. The number of anilines is 2. The number of hydrogen-bond acceptors (Lipinski definition) is 7. The molecule has 2 aliphatic rings. The van der Waals surface area contributed by atoms with Gasteiger partial charge in [-0.25, -0.2) is 0 Å². The smallest absolute Gasteiger partial charge is 0.243 e. The van der Waals surface area contributed by atoms with Crippen molar-refractivity contribution in [1.29, 1.82) is 5.26 Å². The number of hydrogen-bond donors (Lipinski definition) is 3. The van der Waals surface area contributed by atoms with E-state index in [2.05, 4.69) is 32.0 Å². The van der Waals surface area contributed by atoms with Crippen LogP contribution in [0.25, 0.3) is 5.82 Å². The average Bonchev–Trinajstić information content (AvgIpc) is 3.48. The maximum atomic E-state index is 13.8. The molecule has 1 aliphatic carbocycles. The maximum absolute atomic E-state index is 13.8. The Morgan fingerprint density at radius 2 is 1.97 bits per heavy atom. The minimum absolute atomic E-state index is 0.0556. The van der Waals surface area contributed by atoms with Gasteiger partial charge in [-0.15, -0.1) is 0 Å². The highest BCUT2D eigenvalue weighted by Crippen LogP contribution is 2.34. The molecule has 3 aromatic rings. The highest BCUT2D eigenvalue weighted by Gasteiger charge is 2.29. The third-order valence-electron chi connectivity index (χ3n) is 7.24. The predicted octanol–water partition coefficient (Wildman–Crippen LogP) is 4.57. The summed E-state index contributed by atoms with van der Waals surface area (Å²) in [6.07, 6.45) is 11.2. The van der Waals surface area contributed by atoms with Gasteiger partial charge in [0.15, 0.2) is 0 Å². The number of amides is 1. The van der Waals surface area contributed by atoms with Gasteiger partial charge >= 0.3 is 0 Å². The number of nitriles is 1. The third-order valence-corrected chi connectivity index (χ3v) is 7.24. The van der Waals surface area contributed by atoms with Gasteiger partial charge in [0.05, 0.1) is 24.3 Å². The van der Waals surface area contributed by atoms with Crippen molar-refractivity contribution in [1.82, 2.24) is 19.9 Å². The van der Waals surface area contributed by atoms with Gasteiger partial charge in [-0.2, -0.15) is 15.2 Å². The van der Waals surface area contributed by atoms with Crippen molar-refractivity contribution in [2.24, 2.45) is 5.92 Å². The molecule has 3 N–H and O–H groups in total. The average molecular weight is 500 g/mol. The fourth-order valence-electron chi connectivity index (χ4n) is 5.29. The summed E-state index contributed by atoms with van der Waals surface area (Å²) in [6, 6.07) is 12.7. The van der Waals surface area contributed by atoms with Crippen LogP contribution in [0.2, 0.25) is 0 Å². The van der Waals surface area contributed by atoms with Crippen molar-refractivity contribution < 1.29 is 9.53 Å². The fourth-order valence-corrected chi connectivity index (χ4v) is 5.29. The van der Waals surface area contributed by atoms with Crippen LogP contribution < -0.4 is 20.7 Å². The highest BCUT2D eigenvalue weighted by atomic mass is 16.5. The number of nitrogens with one attached hydrogen (secondary N) is 3. The number of rotatable bonds is 8. The molecule has 1 fully saturated rings. The minimum atomic E-state index is -0.440. The Bertz CT molecular complexity index is 1260. The molecule has 0 radical (unpaired) electrons. The second kappa shape index (κ2) is 11.3. The molecule has 9 nitrogen and oxygen atoms in total. The zero-order chi connectivity index (χ0) is 25.6.